The van der Waals surface area contributed by atoms with Gasteiger partial charge in [-0.3, -0.25) is 9.59 Å². The number of carboxylic acids is 2. The molecular weight excluding hydrogens is 607 g/mol. The summed E-state index contributed by atoms with van der Waals surface area (Å²) in [5.41, 5.74) is 5.24. The van der Waals surface area contributed by atoms with Gasteiger partial charge in [0.25, 0.3) is 10.5 Å². The lowest BCUT2D eigenvalue weighted by molar-refractivity contribution is 0.0686. The van der Waals surface area contributed by atoms with Crippen molar-refractivity contribution in [1.29, 1.82) is 0 Å². The Morgan fingerprint density at radius 1 is 0.545 bits per heavy atom. The summed E-state index contributed by atoms with van der Waals surface area (Å²) in [6.07, 6.45) is 0. The SMILES string of the molecule is Cc1cc2c(-c3ccc(C(=O)Cl)cc3)ccc(C(=O)Cl)c2o1.Cc1cc2c(-c3ccc(C(=O)O)cc3)ccc(C(=O)O)c2o1. The lowest BCUT2D eigenvalue weighted by atomic mass is 9.98. The van der Waals surface area contributed by atoms with E-state index >= 15 is 0 Å². The summed E-state index contributed by atoms with van der Waals surface area (Å²) in [4.78, 5) is 44.8. The number of fused-ring (bicyclic) bond motifs is 2. The van der Waals surface area contributed by atoms with Crippen molar-refractivity contribution in [2.24, 2.45) is 0 Å². The molecule has 0 bridgehead atoms. The molecule has 0 saturated carbocycles. The lowest BCUT2D eigenvalue weighted by Crippen LogP contribution is -1.97. The molecule has 44 heavy (non-hydrogen) atoms. The smallest absolute Gasteiger partial charge is 0.339 e. The third kappa shape index (κ3) is 5.99. The number of carbonyl (C=O) groups is 4. The molecule has 2 heterocycles. The Morgan fingerprint density at radius 3 is 1.39 bits per heavy atom. The van der Waals surface area contributed by atoms with E-state index in [4.69, 9.17) is 37.1 Å². The first-order chi connectivity index (χ1) is 20.9. The van der Waals surface area contributed by atoms with Gasteiger partial charge in [0.1, 0.15) is 28.2 Å². The molecule has 2 aromatic heterocycles. The average Bonchev–Trinajstić information content (AvgIpc) is 3.58. The van der Waals surface area contributed by atoms with Gasteiger partial charge >= 0.3 is 11.9 Å². The third-order valence-corrected chi connectivity index (χ3v) is 7.34. The Morgan fingerprint density at radius 2 is 0.977 bits per heavy atom. The minimum Gasteiger partial charge on any atom is -0.478 e. The number of hydrogen-bond acceptors (Lipinski definition) is 6. The maximum absolute atomic E-state index is 11.5. The molecular formula is C34H22Cl2O8. The van der Waals surface area contributed by atoms with E-state index in [0.717, 1.165) is 27.6 Å². The highest BCUT2D eigenvalue weighted by atomic mass is 35.5. The molecule has 0 radical (unpaired) electrons. The second kappa shape index (κ2) is 12.2. The summed E-state index contributed by atoms with van der Waals surface area (Å²) < 4.78 is 11.1. The molecule has 6 rings (SSSR count). The Hall–Kier alpha value is -5.18. The second-order valence-corrected chi connectivity index (χ2v) is 10.5. The van der Waals surface area contributed by atoms with Crippen molar-refractivity contribution in [1.82, 2.24) is 0 Å². The van der Waals surface area contributed by atoms with Crippen LogP contribution >= 0.6 is 23.2 Å². The van der Waals surface area contributed by atoms with Gasteiger partial charge in [0.2, 0.25) is 0 Å². The number of furan rings is 2. The molecule has 0 atom stereocenters. The lowest BCUT2D eigenvalue weighted by Gasteiger charge is -2.05. The van der Waals surface area contributed by atoms with Crippen molar-refractivity contribution in [3.8, 4) is 22.3 Å². The molecule has 4 aromatic carbocycles. The fraction of sp³-hybridized carbons (Fsp3) is 0.0588. The molecule has 0 aliphatic rings. The number of carbonyl (C=O) groups excluding carboxylic acids is 2. The first kappa shape index (κ1) is 30.3. The van der Waals surface area contributed by atoms with Crippen LogP contribution in [-0.4, -0.2) is 32.6 Å². The Labute approximate surface area is 260 Å². The first-order valence-electron chi connectivity index (χ1n) is 13.1. The van der Waals surface area contributed by atoms with Crippen LogP contribution in [0.25, 0.3) is 44.2 Å². The van der Waals surface area contributed by atoms with Crippen LogP contribution in [0.15, 0.2) is 93.8 Å². The van der Waals surface area contributed by atoms with Crippen molar-refractivity contribution in [3.63, 3.8) is 0 Å². The molecule has 6 aromatic rings. The summed E-state index contributed by atoms with van der Waals surface area (Å²) in [6, 6.07) is 23.6. The topological polar surface area (TPSA) is 135 Å². The van der Waals surface area contributed by atoms with Gasteiger partial charge in [0.15, 0.2) is 0 Å². The molecule has 0 unspecified atom stereocenters. The molecule has 0 aliphatic carbocycles. The van der Waals surface area contributed by atoms with Crippen molar-refractivity contribution >= 4 is 67.6 Å². The number of carboxylic acid groups (broad SMARTS) is 2. The number of rotatable bonds is 6. The Bertz CT molecular complexity index is 1930. The van der Waals surface area contributed by atoms with E-state index < -0.39 is 22.4 Å². The van der Waals surface area contributed by atoms with E-state index in [2.05, 4.69) is 0 Å². The predicted octanol–water partition coefficient (Wildman–Crippen LogP) is 8.97. The fourth-order valence-electron chi connectivity index (χ4n) is 4.89. The van der Waals surface area contributed by atoms with Crippen molar-refractivity contribution in [2.45, 2.75) is 13.8 Å². The summed E-state index contributed by atoms with van der Waals surface area (Å²) in [5, 5.41) is 18.6. The Balaban J connectivity index is 0.000000175. The third-order valence-electron chi connectivity index (χ3n) is 6.92. The molecule has 0 fully saturated rings. The normalized spacial score (nSPS) is 10.8. The summed E-state index contributed by atoms with van der Waals surface area (Å²) >= 11 is 11.0. The summed E-state index contributed by atoms with van der Waals surface area (Å²) in [5.74, 6) is -0.731. The molecule has 0 aliphatic heterocycles. The predicted molar refractivity (Wildman–Crippen MR) is 167 cm³/mol. The van der Waals surface area contributed by atoms with Gasteiger partial charge in [-0.15, -0.1) is 0 Å². The van der Waals surface area contributed by atoms with Crippen LogP contribution in [0, 0.1) is 13.8 Å². The van der Waals surface area contributed by atoms with Crippen LogP contribution in [0.1, 0.15) is 53.0 Å². The summed E-state index contributed by atoms with van der Waals surface area (Å²) in [7, 11) is 0. The van der Waals surface area contributed by atoms with Gasteiger partial charge in [0, 0.05) is 16.3 Å². The molecule has 220 valence electrons. The first-order valence-corrected chi connectivity index (χ1v) is 13.8. The molecule has 2 N–H and O–H groups in total. The van der Waals surface area contributed by atoms with Gasteiger partial charge < -0.3 is 19.0 Å². The highest BCUT2D eigenvalue weighted by Crippen LogP contribution is 2.35. The van der Waals surface area contributed by atoms with Gasteiger partial charge in [-0.1, -0.05) is 36.4 Å². The second-order valence-electron chi connectivity index (χ2n) is 9.83. The van der Waals surface area contributed by atoms with Gasteiger partial charge in [-0.05, 0) is 108 Å². The molecule has 0 amide bonds. The van der Waals surface area contributed by atoms with Gasteiger partial charge in [-0.2, -0.15) is 0 Å². The molecule has 0 spiro atoms. The molecule has 10 heteroatoms. The monoisotopic (exact) mass is 628 g/mol. The zero-order valence-electron chi connectivity index (χ0n) is 23.2. The summed E-state index contributed by atoms with van der Waals surface area (Å²) in [6.45, 7) is 3.56. The van der Waals surface area contributed by atoms with E-state index in [1.165, 1.54) is 18.2 Å². The highest BCUT2D eigenvalue weighted by Gasteiger charge is 2.18. The van der Waals surface area contributed by atoms with E-state index in [1.54, 1.807) is 61.5 Å². The standard InChI is InChI=1S/C17H10Cl2O3.C17H12O5/c1-9-8-14-12(6-7-13(17(19)21)15(14)22-9)10-2-4-11(5-3-10)16(18)20;1-9-8-14-12(6-7-13(17(20)21)15(14)22-9)10-2-4-11(5-3-10)16(18)19/h2-8H,1H3;2-8H,1H3,(H,18,19)(H,20,21). The zero-order valence-corrected chi connectivity index (χ0v) is 24.7. The average molecular weight is 629 g/mol. The van der Waals surface area contributed by atoms with Crippen LogP contribution in [0.3, 0.4) is 0 Å². The maximum Gasteiger partial charge on any atom is 0.339 e. The fourth-order valence-corrected chi connectivity index (χ4v) is 5.17. The zero-order chi connectivity index (χ0) is 31.7. The number of aryl methyl sites for hydroxylation is 2. The molecule has 8 nitrogen and oxygen atoms in total. The van der Waals surface area contributed by atoms with Crippen molar-refractivity contribution < 1.29 is 38.2 Å². The number of benzene rings is 4. The highest BCUT2D eigenvalue weighted by molar-refractivity contribution is 6.68. The minimum atomic E-state index is -1.05. The largest absolute Gasteiger partial charge is 0.478 e. The van der Waals surface area contributed by atoms with E-state index in [9.17, 15) is 24.3 Å². The molecule has 0 saturated heterocycles. The van der Waals surface area contributed by atoms with Crippen LogP contribution in [-0.2, 0) is 0 Å². The Kier molecular flexibility index (Phi) is 8.40. The number of hydrogen-bond donors (Lipinski definition) is 2. The van der Waals surface area contributed by atoms with Crippen LogP contribution in [0.5, 0.6) is 0 Å². The maximum atomic E-state index is 11.5. The van der Waals surface area contributed by atoms with Crippen LogP contribution in [0.2, 0.25) is 0 Å². The van der Waals surface area contributed by atoms with Crippen LogP contribution in [0.4, 0.5) is 0 Å². The number of halogens is 2. The van der Waals surface area contributed by atoms with E-state index in [0.29, 0.717) is 39.2 Å². The van der Waals surface area contributed by atoms with E-state index in [-0.39, 0.29) is 11.1 Å². The van der Waals surface area contributed by atoms with Gasteiger partial charge in [0.05, 0.1) is 11.1 Å². The van der Waals surface area contributed by atoms with Gasteiger partial charge in [-0.25, -0.2) is 9.59 Å². The van der Waals surface area contributed by atoms with Crippen molar-refractivity contribution in [3.05, 3.63) is 119 Å². The van der Waals surface area contributed by atoms with Crippen LogP contribution < -0.4 is 0 Å². The quantitative estimate of drug-likeness (QED) is 0.174. The van der Waals surface area contributed by atoms with Crippen molar-refractivity contribution in [2.75, 3.05) is 0 Å². The van der Waals surface area contributed by atoms with E-state index in [1.807, 2.05) is 19.1 Å². The number of aromatic carboxylic acids is 2. The minimum absolute atomic E-state index is 0.106.